The van der Waals surface area contributed by atoms with E-state index >= 15 is 0 Å². The number of carbonyl (C=O) groups excluding carboxylic acids is 3. The predicted molar refractivity (Wildman–Crippen MR) is 108 cm³/mol. The van der Waals surface area contributed by atoms with Crippen LogP contribution in [0.1, 0.15) is 20.7 Å². The topological polar surface area (TPSA) is 116 Å². The highest BCUT2D eigenvalue weighted by atomic mass is 32.2. The number of benzene rings is 2. The number of piperazine rings is 1. The van der Waals surface area contributed by atoms with Gasteiger partial charge in [0.2, 0.25) is 15.9 Å². The van der Waals surface area contributed by atoms with Crippen LogP contribution in [0.15, 0.2) is 47.4 Å². The molecule has 162 valence electrons. The summed E-state index contributed by atoms with van der Waals surface area (Å²) in [6.07, 6.45) is 0. The van der Waals surface area contributed by atoms with Crippen LogP contribution in [0.3, 0.4) is 0 Å². The molecule has 1 fully saturated rings. The highest BCUT2D eigenvalue weighted by Gasteiger charge is 2.32. The summed E-state index contributed by atoms with van der Waals surface area (Å²) in [5.41, 5.74) is 0.676. The number of imide groups is 1. The van der Waals surface area contributed by atoms with Gasteiger partial charge in [-0.2, -0.15) is 4.31 Å². The summed E-state index contributed by atoms with van der Waals surface area (Å²) in [5.74, 6) is -1.84. The smallest absolute Gasteiger partial charge is 0.258 e. The Morgan fingerprint density at radius 2 is 1.61 bits per heavy atom. The minimum absolute atomic E-state index is 0.0437. The third-order valence-corrected chi connectivity index (χ3v) is 7.07. The molecule has 2 aromatic carbocycles. The number of anilines is 1. The maximum absolute atomic E-state index is 13.0. The summed E-state index contributed by atoms with van der Waals surface area (Å²) in [4.78, 5) is 37.4. The molecule has 11 heteroatoms. The Kier molecular flexibility index (Phi) is 5.56. The zero-order chi connectivity index (χ0) is 22.2. The van der Waals surface area contributed by atoms with Crippen molar-refractivity contribution < 1.29 is 27.2 Å². The van der Waals surface area contributed by atoms with Crippen LogP contribution in [0.2, 0.25) is 0 Å². The van der Waals surface area contributed by atoms with Crippen LogP contribution in [0.4, 0.5) is 10.1 Å². The number of halogens is 1. The zero-order valence-corrected chi connectivity index (χ0v) is 17.1. The molecule has 2 N–H and O–H groups in total. The summed E-state index contributed by atoms with van der Waals surface area (Å²) in [6.45, 7) is 1.12. The second kappa shape index (κ2) is 8.17. The van der Waals surface area contributed by atoms with Crippen LogP contribution in [0, 0.1) is 5.82 Å². The first-order valence-electron chi connectivity index (χ1n) is 9.52. The molecule has 0 aromatic heterocycles. The molecule has 2 aliphatic heterocycles. The Hall–Kier alpha value is -3.15. The Morgan fingerprint density at radius 1 is 0.968 bits per heavy atom. The molecule has 0 unspecified atom stereocenters. The molecule has 0 aliphatic carbocycles. The average Bonchev–Trinajstić information content (AvgIpc) is 3.03. The lowest BCUT2D eigenvalue weighted by atomic mass is 10.1. The van der Waals surface area contributed by atoms with Crippen LogP contribution < -0.4 is 10.6 Å². The minimum Gasteiger partial charge on any atom is -0.325 e. The number of nitrogens with zero attached hydrogens (tertiary/aromatic N) is 2. The van der Waals surface area contributed by atoms with Crippen molar-refractivity contribution >= 4 is 33.4 Å². The minimum atomic E-state index is -3.85. The lowest BCUT2D eigenvalue weighted by Gasteiger charge is -2.33. The molecule has 2 aromatic rings. The Morgan fingerprint density at radius 3 is 2.29 bits per heavy atom. The number of hydrogen-bond acceptors (Lipinski definition) is 6. The average molecular weight is 446 g/mol. The van der Waals surface area contributed by atoms with Gasteiger partial charge in [-0.25, -0.2) is 12.8 Å². The fraction of sp³-hybridized carbons (Fsp3) is 0.250. The molecule has 1 saturated heterocycles. The molecule has 2 heterocycles. The van der Waals surface area contributed by atoms with Gasteiger partial charge in [0.25, 0.3) is 11.8 Å². The standard InChI is InChI=1S/C20H19FN4O5S/c21-13-1-3-14(4-2-13)22-18(26)12-24-7-9-25(10-8-24)31(29,30)15-5-6-16-17(11-15)20(28)23-19(16)27/h1-6,11H,7-10,12H2,(H,22,26)(H,23,27,28). The molecule has 0 bridgehead atoms. The molecule has 4 rings (SSSR count). The van der Waals surface area contributed by atoms with Crippen molar-refractivity contribution in [3.8, 4) is 0 Å². The first kappa shape index (κ1) is 21.1. The molecule has 3 amide bonds. The quantitative estimate of drug-likeness (QED) is 0.652. The van der Waals surface area contributed by atoms with Crippen LogP contribution in [0.5, 0.6) is 0 Å². The Labute approximate surface area is 177 Å². The molecule has 0 saturated carbocycles. The van der Waals surface area contributed by atoms with E-state index in [-0.39, 0.29) is 41.6 Å². The van der Waals surface area contributed by atoms with Gasteiger partial charge in [0, 0.05) is 31.9 Å². The molecular weight excluding hydrogens is 427 g/mol. The van der Waals surface area contributed by atoms with Gasteiger partial charge in [-0.3, -0.25) is 24.6 Å². The summed E-state index contributed by atoms with van der Waals surface area (Å²) in [5, 5.41) is 4.81. The number of nitrogens with one attached hydrogen (secondary N) is 2. The number of fused-ring (bicyclic) bond motifs is 1. The molecule has 0 radical (unpaired) electrons. The van der Waals surface area contributed by atoms with Crippen molar-refractivity contribution in [2.45, 2.75) is 4.90 Å². The number of rotatable bonds is 5. The fourth-order valence-corrected chi connectivity index (χ4v) is 4.97. The van der Waals surface area contributed by atoms with Crippen molar-refractivity contribution in [3.63, 3.8) is 0 Å². The van der Waals surface area contributed by atoms with Crippen LogP contribution in [-0.4, -0.2) is 68.1 Å². The Bertz CT molecular complexity index is 1160. The van der Waals surface area contributed by atoms with Gasteiger partial charge in [0.15, 0.2) is 0 Å². The van der Waals surface area contributed by atoms with Gasteiger partial charge in [-0.05, 0) is 42.5 Å². The molecule has 0 atom stereocenters. The van der Waals surface area contributed by atoms with Crippen LogP contribution >= 0.6 is 0 Å². The van der Waals surface area contributed by atoms with E-state index in [1.165, 1.54) is 46.8 Å². The molecule has 2 aliphatic rings. The first-order chi connectivity index (χ1) is 14.7. The number of amides is 3. The van der Waals surface area contributed by atoms with Gasteiger partial charge in [-0.1, -0.05) is 0 Å². The third kappa shape index (κ3) is 4.33. The van der Waals surface area contributed by atoms with Crippen molar-refractivity contribution in [2.75, 3.05) is 38.0 Å². The molecule has 9 nitrogen and oxygen atoms in total. The number of carbonyl (C=O) groups is 3. The van der Waals surface area contributed by atoms with Gasteiger partial charge in [-0.15, -0.1) is 0 Å². The van der Waals surface area contributed by atoms with E-state index in [1.807, 2.05) is 4.90 Å². The van der Waals surface area contributed by atoms with Gasteiger partial charge in [0.1, 0.15) is 5.82 Å². The van der Waals surface area contributed by atoms with E-state index in [9.17, 15) is 27.2 Å². The maximum atomic E-state index is 13.0. The number of sulfonamides is 1. The third-order valence-electron chi connectivity index (χ3n) is 5.17. The van der Waals surface area contributed by atoms with Crippen molar-refractivity contribution in [1.29, 1.82) is 0 Å². The van der Waals surface area contributed by atoms with Gasteiger partial charge >= 0.3 is 0 Å². The summed E-state index contributed by atoms with van der Waals surface area (Å²) < 4.78 is 40.1. The molecule has 31 heavy (non-hydrogen) atoms. The van der Waals surface area contributed by atoms with E-state index in [1.54, 1.807) is 0 Å². The Balaban J connectivity index is 1.36. The second-order valence-corrected chi connectivity index (χ2v) is 9.16. The second-order valence-electron chi connectivity index (χ2n) is 7.23. The van der Waals surface area contributed by atoms with Crippen LogP contribution in [-0.2, 0) is 14.8 Å². The van der Waals surface area contributed by atoms with E-state index < -0.39 is 27.7 Å². The SMILES string of the molecule is O=C(CN1CCN(S(=O)(=O)c2ccc3c(c2)C(=O)NC3=O)CC1)Nc1ccc(F)cc1. The van der Waals surface area contributed by atoms with E-state index in [4.69, 9.17) is 0 Å². The van der Waals surface area contributed by atoms with E-state index in [2.05, 4.69) is 10.6 Å². The summed E-state index contributed by atoms with van der Waals surface area (Å²) >= 11 is 0. The largest absolute Gasteiger partial charge is 0.325 e. The zero-order valence-electron chi connectivity index (χ0n) is 16.3. The van der Waals surface area contributed by atoms with Crippen molar-refractivity contribution in [2.24, 2.45) is 0 Å². The lowest BCUT2D eigenvalue weighted by molar-refractivity contribution is -0.117. The summed E-state index contributed by atoms with van der Waals surface area (Å²) in [7, 11) is -3.85. The maximum Gasteiger partial charge on any atom is 0.258 e. The van der Waals surface area contributed by atoms with E-state index in [0.717, 1.165) is 0 Å². The van der Waals surface area contributed by atoms with E-state index in [0.29, 0.717) is 18.8 Å². The monoisotopic (exact) mass is 446 g/mol. The van der Waals surface area contributed by atoms with Crippen molar-refractivity contribution in [3.05, 3.63) is 59.4 Å². The highest BCUT2D eigenvalue weighted by molar-refractivity contribution is 7.89. The normalized spacial score (nSPS) is 17.3. The first-order valence-corrected chi connectivity index (χ1v) is 11.0. The molecule has 0 spiro atoms. The van der Waals surface area contributed by atoms with Crippen molar-refractivity contribution in [1.82, 2.24) is 14.5 Å². The highest BCUT2D eigenvalue weighted by Crippen LogP contribution is 2.23. The predicted octanol–water partition coefficient (Wildman–Crippen LogP) is 0.654. The van der Waals surface area contributed by atoms with Crippen LogP contribution in [0.25, 0.3) is 0 Å². The van der Waals surface area contributed by atoms with Gasteiger partial charge in [0.05, 0.1) is 22.6 Å². The summed E-state index contributed by atoms with van der Waals surface area (Å²) in [6, 6.07) is 9.28. The molecular formula is C20H19FN4O5S. The van der Waals surface area contributed by atoms with Gasteiger partial charge < -0.3 is 5.32 Å². The fourth-order valence-electron chi connectivity index (χ4n) is 3.52. The number of hydrogen-bond donors (Lipinski definition) is 2. The lowest BCUT2D eigenvalue weighted by Crippen LogP contribution is -2.50.